The second kappa shape index (κ2) is 8.91. The molecule has 1 aliphatic rings. The molecule has 0 saturated carbocycles. The number of aromatic nitrogens is 2. The molecule has 0 fully saturated rings. The van der Waals surface area contributed by atoms with Crippen molar-refractivity contribution in [2.24, 2.45) is 0 Å². The SMILES string of the molecule is COc1ccccc1CCNC(=O)c1nc(C(=O)NC(C)C)c2n1CCCC2. The van der Waals surface area contributed by atoms with Crippen molar-refractivity contribution in [3.05, 3.63) is 47.0 Å². The van der Waals surface area contributed by atoms with E-state index in [0.717, 1.165) is 36.3 Å². The molecule has 2 amide bonds. The first-order chi connectivity index (χ1) is 13.5. The van der Waals surface area contributed by atoms with E-state index in [1.54, 1.807) is 7.11 Å². The van der Waals surface area contributed by atoms with Crippen molar-refractivity contribution in [1.29, 1.82) is 0 Å². The molecule has 3 rings (SSSR count). The highest BCUT2D eigenvalue weighted by molar-refractivity contribution is 5.97. The fourth-order valence-electron chi connectivity index (χ4n) is 3.53. The number of nitrogens with zero attached hydrogens (tertiary/aromatic N) is 2. The summed E-state index contributed by atoms with van der Waals surface area (Å²) < 4.78 is 7.25. The number of carbonyl (C=O) groups excluding carboxylic acids is 2. The molecular formula is C21H28N4O3. The van der Waals surface area contributed by atoms with E-state index in [2.05, 4.69) is 15.6 Å². The number of para-hydroxylation sites is 1. The zero-order chi connectivity index (χ0) is 20.1. The van der Waals surface area contributed by atoms with Crippen LogP contribution in [0.1, 0.15) is 59.1 Å². The van der Waals surface area contributed by atoms with Gasteiger partial charge >= 0.3 is 0 Å². The summed E-state index contributed by atoms with van der Waals surface area (Å²) in [4.78, 5) is 29.7. The minimum atomic E-state index is -0.248. The van der Waals surface area contributed by atoms with Gasteiger partial charge in [-0.1, -0.05) is 18.2 Å². The Morgan fingerprint density at radius 2 is 2.00 bits per heavy atom. The van der Waals surface area contributed by atoms with Crippen LogP contribution in [0.5, 0.6) is 5.75 Å². The maximum atomic E-state index is 12.8. The first kappa shape index (κ1) is 19.9. The number of carbonyl (C=O) groups is 2. The highest BCUT2D eigenvalue weighted by atomic mass is 16.5. The van der Waals surface area contributed by atoms with Crippen LogP contribution in [0.15, 0.2) is 24.3 Å². The second-order valence-corrected chi connectivity index (χ2v) is 7.29. The zero-order valence-corrected chi connectivity index (χ0v) is 16.7. The molecule has 0 aliphatic carbocycles. The van der Waals surface area contributed by atoms with E-state index in [4.69, 9.17) is 4.74 Å². The Morgan fingerprint density at radius 3 is 2.75 bits per heavy atom. The number of benzene rings is 1. The van der Waals surface area contributed by atoms with Crippen LogP contribution < -0.4 is 15.4 Å². The molecule has 28 heavy (non-hydrogen) atoms. The normalized spacial score (nSPS) is 13.1. The Kier molecular flexibility index (Phi) is 6.34. The topological polar surface area (TPSA) is 85.2 Å². The number of methoxy groups -OCH3 is 1. The molecule has 0 saturated heterocycles. The second-order valence-electron chi connectivity index (χ2n) is 7.29. The third-order valence-corrected chi connectivity index (χ3v) is 4.83. The molecular weight excluding hydrogens is 356 g/mol. The van der Waals surface area contributed by atoms with Gasteiger partial charge < -0.3 is 19.9 Å². The van der Waals surface area contributed by atoms with Crippen LogP contribution >= 0.6 is 0 Å². The standard InChI is InChI=1S/C21H28N4O3/c1-14(2)23-20(26)18-16-9-6-7-13-25(16)19(24-18)21(27)22-12-11-15-8-4-5-10-17(15)28-3/h4-5,8,10,14H,6-7,9,11-13H2,1-3H3,(H,22,27)(H,23,26). The summed E-state index contributed by atoms with van der Waals surface area (Å²) in [6.07, 6.45) is 3.41. The average molecular weight is 384 g/mol. The predicted molar refractivity (Wildman–Crippen MR) is 107 cm³/mol. The van der Waals surface area contributed by atoms with Gasteiger partial charge in [0.2, 0.25) is 0 Å². The Morgan fingerprint density at radius 1 is 1.21 bits per heavy atom. The fourth-order valence-corrected chi connectivity index (χ4v) is 3.53. The van der Waals surface area contributed by atoms with Crippen LogP contribution in [-0.4, -0.2) is 41.1 Å². The van der Waals surface area contributed by atoms with Crippen LogP contribution in [-0.2, 0) is 19.4 Å². The van der Waals surface area contributed by atoms with Crippen molar-refractivity contribution in [2.75, 3.05) is 13.7 Å². The summed E-state index contributed by atoms with van der Waals surface area (Å²) in [5.41, 5.74) is 2.27. The van der Waals surface area contributed by atoms with Gasteiger partial charge in [0.05, 0.1) is 12.8 Å². The first-order valence-electron chi connectivity index (χ1n) is 9.81. The average Bonchev–Trinajstić information content (AvgIpc) is 3.08. The van der Waals surface area contributed by atoms with E-state index in [1.807, 2.05) is 42.7 Å². The summed E-state index contributed by atoms with van der Waals surface area (Å²) in [6.45, 7) is 5.00. The Hall–Kier alpha value is -2.83. The minimum Gasteiger partial charge on any atom is -0.496 e. The summed E-state index contributed by atoms with van der Waals surface area (Å²) in [7, 11) is 1.64. The molecule has 1 aliphatic heterocycles. The third kappa shape index (κ3) is 4.35. The molecule has 0 unspecified atom stereocenters. The molecule has 0 bridgehead atoms. The molecule has 7 heteroatoms. The summed E-state index contributed by atoms with van der Waals surface area (Å²) in [5.74, 6) is 0.668. The van der Waals surface area contributed by atoms with Gasteiger partial charge in [0.25, 0.3) is 11.8 Å². The van der Waals surface area contributed by atoms with E-state index in [0.29, 0.717) is 31.0 Å². The number of rotatable bonds is 7. The van der Waals surface area contributed by atoms with E-state index in [1.165, 1.54) is 0 Å². The van der Waals surface area contributed by atoms with E-state index in [9.17, 15) is 9.59 Å². The lowest BCUT2D eigenvalue weighted by molar-refractivity contribution is 0.0936. The van der Waals surface area contributed by atoms with Gasteiger partial charge in [-0.05, 0) is 51.2 Å². The van der Waals surface area contributed by atoms with Crippen molar-refractivity contribution in [3.8, 4) is 5.75 Å². The Balaban J connectivity index is 1.72. The number of amides is 2. The smallest absolute Gasteiger partial charge is 0.287 e. The molecule has 150 valence electrons. The minimum absolute atomic E-state index is 0.0200. The molecule has 7 nitrogen and oxygen atoms in total. The number of fused-ring (bicyclic) bond motifs is 1. The van der Waals surface area contributed by atoms with Crippen LogP contribution in [0.25, 0.3) is 0 Å². The quantitative estimate of drug-likeness (QED) is 0.767. The summed E-state index contributed by atoms with van der Waals surface area (Å²) >= 11 is 0. The predicted octanol–water partition coefficient (Wildman–Crippen LogP) is 2.34. The van der Waals surface area contributed by atoms with E-state index < -0.39 is 0 Å². The lowest BCUT2D eigenvalue weighted by atomic mass is 10.1. The lowest BCUT2D eigenvalue weighted by Gasteiger charge is -2.17. The van der Waals surface area contributed by atoms with Crippen LogP contribution in [0, 0.1) is 0 Å². The largest absolute Gasteiger partial charge is 0.496 e. The van der Waals surface area contributed by atoms with Crippen molar-refractivity contribution in [2.45, 2.75) is 52.1 Å². The van der Waals surface area contributed by atoms with Crippen molar-refractivity contribution in [3.63, 3.8) is 0 Å². The van der Waals surface area contributed by atoms with Gasteiger partial charge in [-0.2, -0.15) is 0 Å². The van der Waals surface area contributed by atoms with Crippen LogP contribution in [0.2, 0.25) is 0 Å². The molecule has 0 radical (unpaired) electrons. The monoisotopic (exact) mass is 384 g/mol. The van der Waals surface area contributed by atoms with Crippen molar-refractivity contribution >= 4 is 11.8 Å². The van der Waals surface area contributed by atoms with Crippen molar-refractivity contribution < 1.29 is 14.3 Å². The zero-order valence-electron chi connectivity index (χ0n) is 16.7. The van der Waals surface area contributed by atoms with E-state index in [-0.39, 0.29) is 17.9 Å². The summed E-state index contributed by atoms with van der Waals surface area (Å²) in [5, 5.41) is 5.81. The highest BCUT2D eigenvalue weighted by Gasteiger charge is 2.27. The van der Waals surface area contributed by atoms with Gasteiger partial charge in [0.15, 0.2) is 5.82 Å². The summed E-state index contributed by atoms with van der Waals surface area (Å²) in [6, 6.07) is 7.77. The number of imidazole rings is 1. The first-order valence-corrected chi connectivity index (χ1v) is 9.81. The highest BCUT2D eigenvalue weighted by Crippen LogP contribution is 2.21. The van der Waals surface area contributed by atoms with Gasteiger partial charge in [-0.15, -0.1) is 0 Å². The molecule has 1 aromatic heterocycles. The molecule has 2 N–H and O–H groups in total. The van der Waals surface area contributed by atoms with Gasteiger partial charge in [0, 0.05) is 19.1 Å². The maximum Gasteiger partial charge on any atom is 0.287 e. The maximum absolute atomic E-state index is 12.8. The lowest BCUT2D eigenvalue weighted by Crippen LogP contribution is -2.31. The van der Waals surface area contributed by atoms with Crippen LogP contribution in [0.4, 0.5) is 0 Å². The van der Waals surface area contributed by atoms with Crippen LogP contribution in [0.3, 0.4) is 0 Å². The van der Waals surface area contributed by atoms with Crippen molar-refractivity contribution in [1.82, 2.24) is 20.2 Å². The molecule has 0 atom stereocenters. The number of nitrogens with one attached hydrogen (secondary N) is 2. The van der Waals surface area contributed by atoms with Gasteiger partial charge in [-0.25, -0.2) is 4.98 Å². The Bertz CT molecular complexity index is 857. The van der Waals surface area contributed by atoms with E-state index >= 15 is 0 Å². The number of ether oxygens (including phenoxy) is 1. The molecule has 0 spiro atoms. The molecule has 2 heterocycles. The Labute approximate surface area is 165 Å². The molecule has 1 aromatic carbocycles. The number of hydrogen-bond acceptors (Lipinski definition) is 4. The molecule has 2 aromatic rings. The van der Waals surface area contributed by atoms with Gasteiger partial charge in [-0.3, -0.25) is 9.59 Å². The van der Waals surface area contributed by atoms with Gasteiger partial charge in [0.1, 0.15) is 11.4 Å². The third-order valence-electron chi connectivity index (χ3n) is 4.83. The number of hydrogen-bond donors (Lipinski definition) is 2. The fraction of sp³-hybridized carbons (Fsp3) is 0.476.